The van der Waals surface area contributed by atoms with E-state index in [1.54, 1.807) is 6.92 Å². The van der Waals surface area contributed by atoms with Crippen LogP contribution in [0.15, 0.2) is 41.3 Å². The third kappa shape index (κ3) is 5.21. The SMILES string of the molecule is COc1ccc(S(=O)(=O)N[C@H](C)C(=O)Nc2cc([N+](=O)[O-])ccc2C)cc1OC. The normalized spacial score (nSPS) is 12.1. The van der Waals surface area contributed by atoms with Crippen molar-refractivity contribution in [3.05, 3.63) is 52.1 Å². The first-order chi connectivity index (χ1) is 13.6. The molecule has 2 aromatic rings. The van der Waals surface area contributed by atoms with Crippen molar-refractivity contribution < 1.29 is 27.6 Å². The molecule has 2 rings (SSSR count). The second-order valence-electron chi connectivity index (χ2n) is 6.11. The van der Waals surface area contributed by atoms with Crippen LogP contribution in [0.3, 0.4) is 0 Å². The smallest absolute Gasteiger partial charge is 0.271 e. The number of methoxy groups -OCH3 is 2. The highest BCUT2D eigenvalue weighted by Crippen LogP contribution is 2.29. The predicted octanol–water partition coefficient (Wildman–Crippen LogP) is 2.23. The van der Waals surface area contributed by atoms with Crippen LogP contribution < -0.4 is 19.5 Å². The molecule has 0 unspecified atom stereocenters. The van der Waals surface area contributed by atoms with Gasteiger partial charge in [-0.1, -0.05) is 6.07 Å². The second-order valence-corrected chi connectivity index (χ2v) is 7.82. The molecule has 0 fully saturated rings. The van der Waals surface area contributed by atoms with Crippen LogP contribution in [0.4, 0.5) is 11.4 Å². The summed E-state index contributed by atoms with van der Waals surface area (Å²) in [5.74, 6) is -0.0873. The Kier molecular flexibility index (Phi) is 6.77. The van der Waals surface area contributed by atoms with Gasteiger partial charge in [-0.25, -0.2) is 8.42 Å². The average Bonchev–Trinajstić information content (AvgIpc) is 2.68. The molecule has 0 heterocycles. The van der Waals surface area contributed by atoms with Crippen molar-refractivity contribution >= 4 is 27.3 Å². The summed E-state index contributed by atoms with van der Waals surface area (Å²) in [5, 5.41) is 13.4. The molecule has 0 aliphatic rings. The molecule has 0 aliphatic heterocycles. The number of carbonyl (C=O) groups is 1. The molecule has 10 nitrogen and oxygen atoms in total. The molecular weight excluding hydrogens is 402 g/mol. The molecule has 1 atom stereocenters. The number of sulfonamides is 1. The quantitative estimate of drug-likeness (QED) is 0.490. The summed E-state index contributed by atoms with van der Waals surface area (Å²) in [7, 11) is -1.24. The molecule has 1 amide bonds. The van der Waals surface area contributed by atoms with Crippen LogP contribution in [0.2, 0.25) is 0 Å². The zero-order valence-corrected chi connectivity index (χ0v) is 17.1. The molecular formula is C18H21N3O7S. The zero-order chi connectivity index (χ0) is 21.8. The summed E-state index contributed by atoms with van der Waals surface area (Å²) >= 11 is 0. The van der Waals surface area contributed by atoms with Gasteiger partial charge in [-0.2, -0.15) is 4.72 Å². The molecule has 0 spiro atoms. The van der Waals surface area contributed by atoms with Crippen LogP contribution in [-0.4, -0.2) is 39.5 Å². The fourth-order valence-corrected chi connectivity index (χ4v) is 3.66. The monoisotopic (exact) mass is 423 g/mol. The van der Waals surface area contributed by atoms with Gasteiger partial charge in [-0.3, -0.25) is 14.9 Å². The lowest BCUT2D eigenvalue weighted by atomic mass is 10.1. The van der Waals surface area contributed by atoms with Gasteiger partial charge in [0.2, 0.25) is 15.9 Å². The van der Waals surface area contributed by atoms with Gasteiger partial charge >= 0.3 is 0 Å². The number of ether oxygens (including phenoxy) is 2. The van der Waals surface area contributed by atoms with Crippen molar-refractivity contribution in [2.75, 3.05) is 19.5 Å². The number of nitro groups is 1. The third-order valence-corrected chi connectivity index (χ3v) is 5.62. The van der Waals surface area contributed by atoms with Gasteiger partial charge in [0.25, 0.3) is 5.69 Å². The Bertz CT molecular complexity index is 1040. The molecule has 156 valence electrons. The summed E-state index contributed by atoms with van der Waals surface area (Å²) in [5.41, 5.74) is 0.629. The fraction of sp³-hybridized carbons (Fsp3) is 0.278. The molecule has 0 saturated heterocycles. The van der Waals surface area contributed by atoms with Gasteiger partial charge in [0.05, 0.1) is 35.8 Å². The molecule has 0 radical (unpaired) electrons. The maximum Gasteiger partial charge on any atom is 0.271 e. The summed E-state index contributed by atoms with van der Waals surface area (Å²) in [4.78, 5) is 22.6. The van der Waals surface area contributed by atoms with Crippen LogP contribution in [0.5, 0.6) is 11.5 Å². The summed E-state index contributed by atoms with van der Waals surface area (Å²) < 4.78 is 37.6. The van der Waals surface area contributed by atoms with Gasteiger partial charge in [-0.15, -0.1) is 0 Å². The number of hydrogen-bond acceptors (Lipinski definition) is 7. The molecule has 0 aliphatic carbocycles. The summed E-state index contributed by atoms with van der Waals surface area (Å²) in [6, 6.07) is 6.90. The maximum atomic E-state index is 12.6. The van der Waals surface area contributed by atoms with E-state index in [4.69, 9.17) is 9.47 Å². The van der Waals surface area contributed by atoms with Crippen LogP contribution >= 0.6 is 0 Å². The minimum Gasteiger partial charge on any atom is -0.493 e. The van der Waals surface area contributed by atoms with E-state index in [-0.39, 0.29) is 22.0 Å². The molecule has 0 bridgehead atoms. The Labute approximate surface area is 168 Å². The van der Waals surface area contributed by atoms with E-state index < -0.39 is 26.9 Å². The fourth-order valence-electron chi connectivity index (χ4n) is 2.44. The van der Waals surface area contributed by atoms with Crippen molar-refractivity contribution in [2.45, 2.75) is 24.8 Å². The van der Waals surface area contributed by atoms with Gasteiger partial charge < -0.3 is 14.8 Å². The Hall–Kier alpha value is -3.18. The highest BCUT2D eigenvalue weighted by atomic mass is 32.2. The molecule has 29 heavy (non-hydrogen) atoms. The van der Waals surface area contributed by atoms with E-state index in [1.165, 1.54) is 57.5 Å². The standard InChI is InChI=1S/C18H21N3O7S/c1-11-5-6-13(21(23)24)9-15(11)19-18(22)12(2)20-29(25,26)14-7-8-16(27-3)17(10-14)28-4/h5-10,12,20H,1-4H3,(H,19,22)/t12-/m1/s1. The van der Waals surface area contributed by atoms with Gasteiger partial charge in [0, 0.05) is 18.2 Å². The number of amides is 1. The van der Waals surface area contributed by atoms with E-state index in [2.05, 4.69) is 10.0 Å². The largest absolute Gasteiger partial charge is 0.493 e. The Morgan fingerprint density at radius 3 is 2.34 bits per heavy atom. The first kappa shape index (κ1) is 22.1. The topological polar surface area (TPSA) is 137 Å². The van der Waals surface area contributed by atoms with Crippen molar-refractivity contribution in [1.29, 1.82) is 0 Å². The highest BCUT2D eigenvalue weighted by molar-refractivity contribution is 7.89. The summed E-state index contributed by atoms with van der Waals surface area (Å²) in [6.07, 6.45) is 0. The van der Waals surface area contributed by atoms with Crippen LogP contribution in [0.25, 0.3) is 0 Å². The maximum absolute atomic E-state index is 12.6. The van der Waals surface area contributed by atoms with Crippen LogP contribution in [0.1, 0.15) is 12.5 Å². The lowest BCUT2D eigenvalue weighted by Gasteiger charge is -2.16. The Morgan fingerprint density at radius 1 is 1.10 bits per heavy atom. The molecule has 0 aromatic heterocycles. The number of rotatable bonds is 8. The van der Waals surface area contributed by atoms with Gasteiger partial charge in [0.1, 0.15) is 0 Å². The number of aryl methyl sites for hydroxylation is 1. The van der Waals surface area contributed by atoms with Crippen molar-refractivity contribution in [1.82, 2.24) is 4.72 Å². The van der Waals surface area contributed by atoms with E-state index in [0.29, 0.717) is 11.3 Å². The van der Waals surface area contributed by atoms with Crippen molar-refractivity contribution in [3.63, 3.8) is 0 Å². The zero-order valence-electron chi connectivity index (χ0n) is 16.3. The number of nitro benzene ring substituents is 1. The molecule has 2 N–H and O–H groups in total. The number of nitrogens with zero attached hydrogens (tertiary/aromatic N) is 1. The minimum atomic E-state index is -4.04. The van der Waals surface area contributed by atoms with E-state index in [1.807, 2.05) is 0 Å². The Balaban J connectivity index is 2.18. The number of nitrogens with one attached hydrogen (secondary N) is 2. The minimum absolute atomic E-state index is 0.110. The number of hydrogen-bond donors (Lipinski definition) is 2. The highest BCUT2D eigenvalue weighted by Gasteiger charge is 2.24. The predicted molar refractivity (Wildman–Crippen MR) is 106 cm³/mol. The van der Waals surface area contributed by atoms with Crippen molar-refractivity contribution in [3.8, 4) is 11.5 Å². The number of non-ortho nitro benzene ring substituents is 1. The van der Waals surface area contributed by atoms with E-state index in [0.717, 1.165) is 0 Å². The first-order valence-corrected chi connectivity index (χ1v) is 9.87. The van der Waals surface area contributed by atoms with Gasteiger partial charge in [-0.05, 0) is 31.5 Å². The lowest BCUT2D eigenvalue weighted by Crippen LogP contribution is -2.41. The number of anilines is 1. The number of carbonyl (C=O) groups excluding carboxylic acids is 1. The van der Waals surface area contributed by atoms with E-state index >= 15 is 0 Å². The van der Waals surface area contributed by atoms with Crippen LogP contribution in [0, 0.1) is 17.0 Å². The molecule has 11 heteroatoms. The molecule has 2 aromatic carbocycles. The van der Waals surface area contributed by atoms with E-state index in [9.17, 15) is 23.3 Å². The first-order valence-electron chi connectivity index (χ1n) is 8.39. The van der Waals surface area contributed by atoms with Crippen molar-refractivity contribution in [2.24, 2.45) is 0 Å². The Morgan fingerprint density at radius 2 is 1.76 bits per heavy atom. The lowest BCUT2D eigenvalue weighted by molar-refractivity contribution is -0.384. The number of benzene rings is 2. The van der Waals surface area contributed by atoms with Gasteiger partial charge in [0.15, 0.2) is 11.5 Å². The van der Waals surface area contributed by atoms with Crippen LogP contribution in [-0.2, 0) is 14.8 Å². The molecule has 0 saturated carbocycles. The average molecular weight is 423 g/mol. The summed E-state index contributed by atoms with van der Waals surface area (Å²) in [6.45, 7) is 3.03. The second kappa shape index (κ2) is 8.88. The third-order valence-electron chi connectivity index (χ3n) is 4.08.